The number of hydrogen-bond acceptors (Lipinski definition) is 3. The highest BCUT2D eigenvalue weighted by Gasteiger charge is 2.26. The third-order valence-electron chi connectivity index (χ3n) is 1.81. The first-order valence-electron chi connectivity index (χ1n) is 4.59. The fourth-order valence-electron chi connectivity index (χ4n) is 0.948. The highest BCUT2D eigenvalue weighted by molar-refractivity contribution is 7.87. The molecule has 0 aromatic heterocycles. The Balaban J connectivity index is 2.12. The predicted octanol–water partition coefficient (Wildman–Crippen LogP) is -0.711. The van der Waals surface area contributed by atoms with E-state index in [-0.39, 0.29) is 11.9 Å². The van der Waals surface area contributed by atoms with Crippen molar-refractivity contribution in [1.82, 2.24) is 9.44 Å². The molecule has 0 amide bonds. The maximum absolute atomic E-state index is 11.2. The summed E-state index contributed by atoms with van der Waals surface area (Å²) in [4.78, 5) is 0. The first-order valence-corrected chi connectivity index (χ1v) is 6.08. The van der Waals surface area contributed by atoms with Crippen LogP contribution in [-0.2, 0) is 10.2 Å². The highest BCUT2D eigenvalue weighted by Crippen LogP contribution is 2.19. The summed E-state index contributed by atoms with van der Waals surface area (Å²) in [5.74, 6) is 0.0827. The minimum atomic E-state index is -3.33. The second kappa shape index (κ2) is 4.72. The molecule has 5 N–H and O–H groups in total. The minimum Gasteiger partial charge on any atom is -0.388 e. The molecule has 0 spiro atoms. The van der Waals surface area contributed by atoms with Gasteiger partial charge in [-0.05, 0) is 19.3 Å². The number of rotatable bonds is 7. The molecule has 1 saturated carbocycles. The molecule has 0 saturated heterocycles. The van der Waals surface area contributed by atoms with Gasteiger partial charge < -0.3 is 5.73 Å². The number of amidine groups is 1. The van der Waals surface area contributed by atoms with Crippen LogP contribution in [0.25, 0.3) is 0 Å². The van der Waals surface area contributed by atoms with Gasteiger partial charge in [-0.3, -0.25) is 5.41 Å². The van der Waals surface area contributed by atoms with Crippen LogP contribution in [0.2, 0.25) is 0 Å². The summed E-state index contributed by atoms with van der Waals surface area (Å²) in [6, 6.07) is 0.125. The van der Waals surface area contributed by atoms with E-state index in [0.717, 1.165) is 12.8 Å². The van der Waals surface area contributed by atoms with E-state index in [2.05, 4.69) is 9.44 Å². The molecule has 0 aromatic rings. The van der Waals surface area contributed by atoms with Gasteiger partial charge in [-0.1, -0.05) is 0 Å². The maximum atomic E-state index is 11.2. The van der Waals surface area contributed by atoms with Crippen molar-refractivity contribution < 1.29 is 8.42 Å². The summed E-state index contributed by atoms with van der Waals surface area (Å²) in [5.41, 5.74) is 5.12. The van der Waals surface area contributed by atoms with Crippen LogP contribution < -0.4 is 15.2 Å². The van der Waals surface area contributed by atoms with Gasteiger partial charge in [0.05, 0.1) is 5.84 Å². The lowest BCUT2D eigenvalue weighted by atomic mass is 10.3. The fraction of sp³-hybridized carbons (Fsp3) is 0.857. The second-order valence-electron chi connectivity index (χ2n) is 3.42. The van der Waals surface area contributed by atoms with Gasteiger partial charge in [-0.2, -0.15) is 13.1 Å². The average molecular weight is 220 g/mol. The van der Waals surface area contributed by atoms with Crippen molar-refractivity contribution in [3.05, 3.63) is 0 Å². The molecular weight excluding hydrogens is 204 g/mol. The monoisotopic (exact) mass is 220 g/mol. The van der Waals surface area contributed by atoms with E-state index in [4.69, 9.17) is 11.1 Å². The SMILES string of the molecule is N=C(N)CCCNS(=O)(=O)NC1CC1. The smallest absolute Gasteiger partial charge is 0.277 e. The van der Waals surface area contributed by atoms with Gasteiger partial charge in [0.25, 0.3) is 10.2 Å². The van der Waals surface area contributed by atoms with E-state index in [0.29, 0.717) is 19.4 Å². The Morgan fingerprint density at radius 1 is 1.50 bits per heavy atom. The Hall–Kier alpha value is -0.660. The molecule has 14 heavy (non-hydrogen) atoms. The largest absolute Gasteiger partial charge is 0.388 e. The second-order valence-corrected chi connectivity index (χ2v) is 4.95. The zero-order chi connectivity index (χ0) is 10.6. The molecule has 1 aliphatic carbocycles. The summed E-state index contributed by atoms with van der Waals surface area (Å²) in [7, 11) is -3.33. The first-order chi connectivity index (χ1) is 6.49. The van der Waals surface area contributed by atoms with E-state index in [1.807, 2.05) is 0 Å². The standard InChI is InChI=1S/C7H16N4O2S/c8-7(9)2-1-5-10-14(12,13)11-6-3-4-6/h6,10-11H,1-5H2,(H3,8,9). The molecule has 0 heterocycles. The highest BCUT2D eigenvalue weighted by atomic mass is 32.2. The van der Waals surface area contributed by atoms with Crippen molar-refractivity contribution in [1.29, 1.82) is 5.41 Å². The van der Waals surface area contributed by atoms with E-state index in [1.54, 1.807) is 0 Å². The summed E-state index contributed by atoms with van der Waals surface area (Å²) >= 11 is 0. The molecule has 6 nitrogen and oxygen atoms in total. The van der Waals surface area contributed by atoms with Crippen molar-refractivity contribution in [3.8, 4) is 0 Å². The molecule has 0 radical (unpaired) electrons. The average Bonchev–Trinajstić information content (AvgIpc) is 2.81. The predicted molar refractivity (Wildman–Crippen MR) is 54.2 cm³/mol. The van der Waals surface area contributed by atoms with Gasteiger partial charge in [0.2, 0.25) is 0 Å². The summed E-state index contributed by atoms with van der Waals surface area (Å²) in [6.45, 7) is 0.321. The molecule has 0 bridgehead atoms. The third-order valence-corrected chi connectivity index (χ3v) is 3.04. The van der Waals surface area contributed by atoms with Crippen molar-refractivity contribution >= 4 is 16.0 Å². The van der Waals surface area contributed by atoms with Crippen LogP contribution in [0.5, 0.6) is 0 Å². The van der Waals surface area contributed by atoms with Gasteiger partial charge in [0.1, 0.15) is 0 Å². The van der Waals surface area contributed by atoms with Crippen LogP contribution in [0.1, 0.15) is 25.7 Å². The van der Waals surface area contributed by atoms with Crippen LogP contribution in [0.15, 0.2) is 0 Å². The molecule has 1 rings (SSSR count). The lowest BCUT2D eigenvalue weighted by molar-refractivity contribution is 0.564. The van der Waals surface area contributed by atoms with E-state index in [9.17, 15) is 8.42 Å². The van der Waals surface area contributed by atoms with Gasteiger partial charge >= 0.3 is 0 Å². The van der Waals surface area contributed by atoms with Crippen molar-refractivity contribution in [2.24, 2.45) is 5.73 Å². The van der Waals surface area contributed by atoms with Crippen LogP contribution in [0.3, 0.4) is 0 Å². The van der Waals surface area contributed by atoms with Crippen molar-refractivity contribution in [2.75, 3.05) is 6.54 Å². The zero-order valence-electron chi connectivity index (χ0n) is 7.91. The normalized spacial score (nSPS) is 16.9. The lowest BCUT2D eigenvalue weighted by Crippen LogP contribution is -2.38. The molecule has 1 aliphatic rings. The molecular formula is C7H16N4O2S. The van der Waals surface area contributed by atoms with Crippen molar-refractivity contribution in [2.45, 2.75) is 31.7 Å². The third kappa shape index (κ3) is 5.15. The van der Waals surface area contributed by atoms with Gasteiger partial charge in [0.15, 0.2) is 0 Å². The van der Waals surface area contributed by atoms with Gasteiger partial charge in [-0.25, -0.2) is 4.72 Å². The number of nitrogens with two attached hydrogens (primary N) is 1. The Labute approximate surface area is 83.9 Å². The lowest BCUT2D eigenvalue weighted by Gasteiger charge is -2.06. The molecule has 0 aliphatic heterocycles. The zero-order valence-corrected chi connectivity index (χ0v) is 8.73. The van der Waals surface area contributed by atoms with Crippen LogP contribution in [-0.4, -0.2) is 26.8 Å². The Morgan fingerprint density at radius 3 is 2.64 bits per heavy atom. The van der Waals surface area contributed by atoms with Crippen LogP contribution in [0.4, 0.5) is 0 Å². The molecule has 7 heteroatoms. The van der Waals surface area contributed by atoms with Crippen LogP contribution >= 0.6 is 0 Å². The molecule has 82 valence electrons. The maximum Gasteiger partial charge on any atom is 0.277 e. The fourth-order valence-corrected chi connectivity index (χ4v) is 2.12. The summed E-state index contributed by atoms with van der Waals surface area (Å²) in [5, 5.41) is 6.94. The van der Waals surface area contributed by atoms with E-state index < -0.39 is 10.2 Å². The summed E-state index contributed by atoms with van der Waals surface area (Å²) in [6.07, 6.45) is 2.83. The molecule has 1 fully saturated rings. The van der Waals surface area contributed by atoms with Crippen molar-refractivity contribution in [3.63, 3.8) is 0 Å². The Kier molecular flexibility index (Phi) is 3.85. The topological polar surface area (TPSA) is 108 Å². The van der Waals surface area contributed by atoms with E-state index in [1.165, 1.54) is 0 Å². The molecule has 0 unspecified atom stereocenters. The Bertz CT molecular complexity index is 297. The first kappa shape index (κ1) is 11.4. The Morgan fingerprint density at radius 2 is 2.14 bits per heavy atom. The molecule has 0 aromatic carbocycles. The summed E-state index contributed by atoms with van der Waals surface area (Å²) < 4.78 is 27.3. The number of hydrogen-bond donors (Lipinski definition) is 4. The quantitative estimate of drug-likeness (QED) is 0.258. The van der Waals surface area contributed by atoms with Gasteiger partial charge in [0, 0.05) is 19.0 Å². The van der Waals surface area contributed by atoms with Crippen LogP contribution in [0, 0.1) is 5.41 Å². The molecule has 0 atom stereocenters. The van der Waals surface area contributed by atoms with E-state index >= 15 is 0 Å². The van der Waals surface area contributed by atoms with Gasteiger partial charge in [-0.15, -0.1) is 0 Å². The number of nitrogens with one attached hydrogen (secondary N) is 3. The minimum absolute atomic E-state index is 0.0827.